The molecule has 0 spiro atoms. The van der Waals surface area contributed by atoms with Crippen LogP contribution in [0.3, 0.4) is 0 Å². The lowest BCUT2D eigenvalue weighted by Crippen LogP contribution is -1.96. The molecule has 1 unspecified atom stereocenters. The van der Waals surface area contributed by atoms with E-state index < -0.39 is 9.84 Å². The summed E-state index contributed by atoms with van der Waals surface area (Å²) in [7, 11) is -3.21. The first kappa shape index (κ1) is 13.5. The molecule has 1 aromatic carbocycles. The Bertz CT molecular complexity index is 665. The van der Waals surface area contributed by atoms with E-state index in [0.29, 0.717) is 5.01 Å². The van der Waals surface area contributed by atoms with Gasteiger partial charge in [0.25, 0.3) is 0 Å². The van der Waals surface area contributed by atoms with Gasteiger partial charge >= 0.3 is 0 Å². The van der Waals surface area contributed by atoms with E-state index in [2.05, 4.69) is 10.2 Å². The quantitative estimate of drug-likeness (QED) is 0.818. The number of hydrogen-bond donors (Lipinski definition) is 0. The normalized spacial score (nSPS) is 13.5. The zero-order valence-electron chi connectivity index (χ0n) is 9.79. The molecule has 0 aliphatic carbocycles. The smallest absolute Gasteiger partial charge is 0.175 e. The van der Waals surface area contributed by atoms with Crippen molar-refractivity contribution in [2.75, 3.05) is 6.26 Å². The fraction of sp³-hybridized carbons (Fsp3) is 0.273. The molecular weight excluding hydrogens is 292 g/mol. The summed E-state index contributed by atoms with van der Waals surface area (Å²) < 4.78 is 23.0. The number of benzene rings is 1. The number of alkyl halides is 1. The van der Waals surface area contributed by atoms with Crippen molar-refractivity contribution in [3.8, 4) is 10.6 Å². The van der Waals surface area contributed by atoms with E-state index in [1.807, 2.05) is 6.92 Å². The third-order valence-electron chi connectivity index (χ3n) is 2.29. The minimum absolute atomic E-state index is 0.200. The number of hydrogen-bond acceptors (Lipinski definition) is 5. The first-order valence-corrected chi connectivity index (χ1v) is 8.30. The third-order valence-corrected chi connectivity index (χ3v) is 4.89. The summed E-state index contributed by atoms with van der Waals surface area (Å²) in [6.07, 6.45) is 1.18. The lowest BCUT2D eigenvalue weighted by Gasteiger charge is -2.00. The lowest BCUT2D eigenvalue weighted by molar-refractivity contribution is 0.602. The molecule has 2 aromatic rings. The minimum Gasteiger partial charge on any atom is -0.224 e. The molecule has 7 heteroatoms. The Labute approximate surface area is 115 Å². The van der Waals surface area contributed by atoms with Gasteiger partial charge in [0.1, 0.15) is 10.0 Å². The van der Waals surface area contributed by atoms with Crippen LogP contribution < -0.4 is 0 Å². The van der Waals surface area contributed by atoms with Crippen molar-refractivity contribution in [1.82, 2.24) is 10.2 Å². The molecule has 0 saturated heterocycles. The predicted octanol–water partition coefficient (Wildman–Crippen LogP) is 2.91. The zero-order chi connectivity index (χ0) is 13.3. The molecule has 0 aliphatic rings. The van der Waals surface area contributed by atoms with Crippen LogP contribution in [-0.2, 0) is 9.84 Å². The number of rotatable bonds is 3. The Morgan fingerprint density at radius 1 is 1.33 bits per heavy atom. The van der Waals surface area contributed by atoms with Crippen LogP contribution in [0.15, 0.2) is 29.2 Å². The van der Waals surface area contributed by atoms with Gasteiger partial charge in [0.05, 0.1) is 10.3 Å². The standard InChI is InChI=1S/C11H11ClN2O2S2/c1-7(12)10-13-14-11(17-10)8-4-3-5-9(6-8)18(2,15)16/h3-7H,1-2H3. The zero-order valence-corrected chi connectivity index (χ0v) is 12.2. The highest BCUT2D eigenvalue weighted by Gasteiger charge is 2.13. The highest BCUT2D eigenvalue weighted by atomic mass is 35.5. The van der Waals surface area contributed by atoms with Crippen molar-refractivity contribution in [3.63, 3.8) is 0 Å². The van der Waals surface area contributed by atoms with E-state index >= 15 is 0 Å². The second-order valence-corrected chi connectivity index (χ2v) is 7.54. The van der Waals surface area contributed by atoms with E-state index in [-0.39, 0.29) is 10.3 Å². The molecule has 4 nitrogen and oxygen atoms in total. The summed E-state index contributed by atoms with van der Waals surface area (Å²) in [6, 6.07) is 6.65. The molecule has 0 radical (unpaired) electrons. The number of nitrogens with zero attached hydrogens (tertiary/aromatic N) is 2. The van der Waals surface area contributed by atoms with Gasteiger partial charge in [-0.15, -0.1) is 21.8 Å². The van der Waals surface area contributed by atoms with Gasteiger partial charge in [-0.3, -0.25) is 0 Å². The fourth-order valence-electron chi connectivity index (χ4n) is 1.37. The highest BCUT2D eigenvalue weighted by molar-refractivity contribution is 7.90. The second-order valence-electron chi connectivity index (χ2n) is 3.86. The molecule has 96 valence electrons. The molecule has 0 aliphatic heterocycles. The maximum atomic E-state index is 11.5. The van der Waals surface area contributed by atoms with Crippen LogP contribution in [-0.4, -0.2) is 24.9 Å². The molecule has 0 bridgehead atoms. The van der Waals surface area contributed by atoms with Gasteiger partial charge in [0.15, 0.2) is 9.84 Å². The molecule has 1 heterocycles. The summed E-state index contributed by atoms with van der Waals surface area (Å²) in [5, 5.41) is 9.18. The molecule has 2 rings (SSSR count). The lowest BCUT2D eigenvalue weighted by atomic mass is 10.2. The number of halogens is 1. The molecule has 1 aromatic heterocycles. The van der Waals surface area contributed by atoms with E-state index in [1.54, 1.807) is 24.3 Å². The average molecular weight is 303 g/mol. The molecular formula is C11H11ClN2O2S2. The molecule has 0 N–H and O–H groups in total. The Morgan fingerprint density at radius 3 is 2.61 bits per heavy atom. The van der Waals surface area contributed by atoms with E-state index in [9.17, 15) is 8.42 Å². The molecule has 1 atom stereocenters. The van der Waals surface area contributed by atoms with Crippen LogP contribution in [0, 0.1) is 0 Å². The van der Waals surface area contributed by atoms with Gasteiger partial charge < -0.3 is 0 Å². The summed E-state index contributed by atoms with van der Waals surface area (Å²) in [5.74, 6) is 0. The molecule has 18 heavy (non-hydrogen) atoms. The van der Waals surface area contributed by atoms with Crippen molar-refractivity contribution in [3.05, 3.63) is 29.3 Å². The van der Waals surface area contributed by atoms with Gasteiger partial charge in [-0.25, -0.2) is 8.42 Å². The fourth-order valence-corrected chi connectivity index (χ4v) is 2.98. The SMILES string of the molecule is CC(Cl)c1nnc(-c2cccc(S(C)(=O)=O)c2)s1. The van der Waals surface area contributed by atoms with Gasteiger partial charge in [-0.1, -0.05) is 23.5 Å². The monoisotopic (exact) mass is 302 g/mol. The van der Waals surface area contributed by atoms with Crippen molar-refractivity contribution in [2.45, 2.75) is 17.2 Å². The van der Waals surface area contributed by atoms with Gasteiger partial charge in [0.2, 0.25) is 0 Å². The third kappa shape index (κ3) is 2.88. The Kier molecular flexibility index (Phi) is 3.70. The maximum absolute atomic E-state index is 11.5. The van der Waals surface area contributed by atoms with Crippen molar-refractivity contribution < 1.29 is 8.42 Å². The van der Waals surface area contributed by atoms with Gasteiger partial charge in [-0.05, 0) is 19.1 Å². The topological polar surface area (TPSA) is 59.9 Å². The minimum atomic E-state index is -3.21. The van der Waals surface area contributed by atoms with Gasteiger partial charge in [-0.2, -0.15) is 0 Å². The Morgan fingerprint density at radius 2 is 2.06 bits per heavy atom. The summed E-state index contributed by atoms with van der Waals surface area (Å²) >= 11 is 7.28. The summed E-state index contributed by atoms with van der Waals surface area (Å²) in [6.45, 7) is 1.82. The molecule has 0 fully saturated rings. The number of aromatic nitrogens is 2. The Balaban J connectivity index is 2.45. The molecule has 0 amide bonds. The van der Waals surface area contributed by atoms with E-state index in [0.717, 1.165) is 10.6 Å². The van der Waals surface area contributed by atoms with Crippen molar-refractivity contribution in [1.29, 1.82) is 0 Å². The van der Waals surface area contributed by atoms with Crippen LogP contribution >= 0.6 is 22.9 Å². The van der Waals surface area contributed by atoms with E-state index in [4.69, 9.17) is 11.6 Å². The molecule has 0 saturated carbocycles. The number of sulfone groups is 1. The average Bonchev–Trinajstić information content (AvgIpc) is 2.77. The van der Waals surface area contributed by atoms with E-state index in [1.165, 1.54) is 17.6 Å². The maximum Gasteiger partial charge on any atom is 0.175 e. The van der Waals surface area contributed by atoms with Crippen LogP contribution in [0.2, 0.25) is 0 Å². The van der Waals surface area contributed by atoms with Crippen molar-refractivity contribution >= 4 is 32.8 Å². The Hall–Kier alpha value is -0.980. The predicted molar refractivity (Wildman–Crippen MR) is 72.7 cm³/mol. The van der Waals surface area contributed by atoms with Crippen LogP contribution in [0.4, 0.5) is 0 Å². The van der Waals surface area contributed by atoms with Gasteiger partial charge in [0, 0.05) is 11.8 Å². The summed E-state index contributed by atoms with van der Waals surface area (Å²) in [5.41, 5.74) is 0.735. The van der Waals surface area contributed by atoms with Crippen LogP contribution in [0.25, 0.3) is 10.6 Å². The van der Waals surface area contributed by atoms with Crippen LogP contribution in [0.1, 0.15) is 17.3 Å². The first-order chi connectivity index (χ1) is 8.38. The second kappa shape index (κ2) is 4.95. The summed E-state index contributed by atoms with van der Waals surface area (Å²) in [4.78, 5) is 0.274. The first-order valence-electron chi connectivity index (χ1n) is 5.16. The van der Waals surface area contributed by atoms with Crippen LogP contribution in [0.5, 0.6) is 0 Å². The largest absolute Gasteiger partial charge is 0.224 e. The van der Waals surface area contributed by atoms with Crippen molar-refractivity contribution in [2.24, 2.45) is 0 Å². The highest BCUT2D eigenvalue weighted by Crippen LogP contribution is 2.30.